The van der Waals surface area contributed by atoms with Crippen molar-refractivity contribution in [3.05, 3.63) is 224 Å². The second-order valence-electron chi connectivity index (χ2n) is 14.9. The van der Waals surface area contributed by atoms with Crippen LogP contribution < -0.4 is 4.90 Å². The number of fused-ring (bicyclic) bond motifs is 6. The molecule has 0 spiro atoms. The van der Waals surface area contributed by atoms with Gasteiger partial charge in [-0.05, 0) is 109 Å². The quantitative estimate of drug-likeness (QED) is 0.151. The summed E-state index contributed by atoms with van der Waals surface area (Å²) in [6.07, 6.45) is 0. The molecule has 11 rings (SSSR count). The van der Waals surface area contributed by atoms with Crippen molar-refractivity contribution in [1.82, 2.24) is 0 Å². The molecule has 0 aliphatic heterocycles. The van der Waals surface area contributed by atoms with E-state index in [2.05, 4.69) is 223 Å². The molecule has 1 aromatic heterocycles. The summed E-state index contributed by atoms with van der Waals surface area (Å²) in [5.41, 5.74) is 14.3. The Kier molecular flexibility index (Phi) is 8.19. The Morgan fingerprint density at radius 2 is 0.879 bits per heavy atom. The fourth-order valence-electron chi connectivity index (χ4n) is 8.71. The number of hydrogen-bond donors (Lipinski definition) is 0. The summed E-state index contributed by atoms with van der Waals surface area (Å²) >= 11 is 0. The molecule has 0 saturated carbocycles. The van der Waals surface area contributed by atoms with Gasteiger partial charge in [0, 0.05) is 27.7 Å². The highest BCUT2D eigenvalue weighted by Gasteiger charge is 2.24. The van der Waals surface area contributed by atoms with Crippen molar-refractivity contribution in [2.24, 2.45) is 0 Å². The van der Waals surface area contributed by atoms with Crippen LogP contribution in [0.3, 0.4) is 0 Å². The standard InChI is InChI=1S/C56H37NO/c1-4-14-38(15-5-1)39-26-29-45(30-27-39)57(46-31-33-48(40-16-6-2-7-17-40)51(37-46)41-18-8-3-9-19-41)52-34-35-54-56(50-22-12-13-23-53(50)58-54)55(52)44-28-32-49-43(36-44)25-24-42-20-10-11-21-47(42)49/h1-37H. The van der Waals surface area contributed by atoms with Gasteiger partial charge in [0.15, 0.2) is 0 Å². The molecule has 0 saturated heterocycles. The predicted octanol–water partition coefficient (Wildman–Crippen LogP) is 16.0. The van der Waals surface area contributed by atoms with Gasteiger partial charge in [-0.3, -0.25) is 0 Å². The fraction of sp³-hybridized carbons (Fsp3) is 0. The monoisotopic (exact) mass is 739 g/mol. The van der Waals surface area contributed by atoms with E-state index in [1.165, 1.54) is 54.9 Å². The zero-order valence-corrected chi connectivity index (χ0v) is 31.7. The number of anilines is 3. The van der Waals surface area contributed by atoms with Gasteiger partial charge in [-0.2, -0.15) is 0 Å². The Balaban J connectivity index is 1.20. The second-order valence-corrected chi connectivity index (χ2v) is 14.9. The number of rotatable bonds is 7. The molecule has 0 aliphatic rings. The van der Waals surface area contributed by atoms with Gasteiger partial charge in [0.05, 0.1) is 5.69 Å². The Labute approximate surface area is 337 Å². The third-order valence-corrected chi connectivity index (χ3v) is 11.5. The van der Waals surface area contributed by atoms with Crippen LogP contribution in [-0.2, 0) is 0 Å². The SMILES string of the molecule is c1ccc(-c2ccc(N(c3ccc(-c4ccccc4)c(-c4ccccc4)c3)c3ccc4oc5ccccc5c4c3-c3ccc4c(ccc5ccccc54)c3)cc2)cc1. The molecule has 1 heterocycles. The third kappa shape index (κ3) is 5.82. The van der Waals surface area contributed by atoms with Crippen molar-refractivity contribution in [1.29, 1.82) is 0 Å². The molecule has 10 aromatic carbocycles. The summed E-state index contributed by atoms with van der Waals surface area (Å²) in [6, 6.07) is 80.8. The molecule has 2 heteroatoms. The maximum Gasteiger partial charge on any atom is 0.136 e. The first-order valence-electron chi connectivity index (χ1n) is 19.8. The van der Waals surface area contributed by atoms with E-state index in [4.69, 9.17) is 4.42 Å². The van der Waals surface area contributed by atoms with E-state index in [0.29, 0.717) is 0 Å². The molecule has 0 aliphatic carbocycles. The zero-order chi connectivity index (χ0) is 38.4. The van der Waals surface area contributed by atoms with Gasteiger partial charge in [-0.15, -0.1) is 0 Å². The Bertz CT molecular complexity index is 3260. The number of furan rings is 1. The van der Waals surface area contributed by atoms with E-state index in [9.17, 15) is 0 Å². The second kappa shape index (κ2) is 14.1. The summed E-state index contributed by atoms with van der Waals surface area (Å²) in [5.74, 6) is 0. The molecule has 2 nitrogen and oxygen atoms in total. The van der Waals surface area contributed by atoms with Gasteiger partial charge < -0.3 is 9.32 Å². The highest BCUT2D eigenvalue weighted by Crippen LogP contribution is 2.49. The highest BCUT2D eigenvalue weighted by molar-refractivity contribution is 6.18. The van der Waals surface area contributed by atoms with E-state index in [0.717, 1.165) is 50.1 Å². The van der Waals surface area contributed by atoms with Crippen molar-refractivity contribution in [2.75, 3.05) is 4.90 Å². The smallest absolute Gasteiger partial charge is 0.136 e. The summed E-state index contributed by atoms with van der Waals surface area (Å²) < 4.78 is 6.59. The molecule has 11 aromatic rings. The number of hydrogen-bond acceptors (Lipinski definition) is 2. The summed E-state index contributed by atoms with van der Waals surface area (Å²) in [5, 5.41) is 7.13. The Morgan fingerprint density at radius 3 is 1.64 bits per heavy atom. The summed E-state index contributed by atoms with van der Waals surface area (Å²) in [7, 11) is 0. The van der Waals surface area contributed by atoms with Crippen LogP contribution in [0.2, 0.25) is 0 Å². The lowest BCUT2D eigenvalue weighted by molar-refractivity contribution is 0.669. The van der Waals surface area contributed by atoms with Gasteiger partial charge >= 0.3 is 0 Å². The van der Waals surface area contributed by atoms with Crippen molar-refractivity contribution in [2.45, 2.75) is 0 Å². The van der Waals surface area contributed by atoms with E-state index in [1.54, 1.807) is 0 Å². The van der Waals surface area contributed by atoms with Crippen LogP contribution in [0.15, 0.2) is 229 Å². The fourth-order valence-corrected chi connectivity index (χ4v) is 8.71. The predicted molar refractivity (Wildman–Crippen MR) is 245 cm³/mol. The minimum Gasteiger partial charge on any atom is -0.456 e. The van der Waals surface area contributed by atoms with E-state index < -0.39 is 0 Å². The van der Waals surface area contributed by atoms with Crippen molar-refractivity contribution in [3.8, 4) is 44.5 Å². The summed E-state index contributed by atoms with van der Waals surface area (Å²) in [6.45, 7) is 0. The van der Waals surface area contributed by atoms with Crippen LogP contribution in [0, 0.1) is 0 Å². The molecule has 0 unspecified atom stereocenters. The van der Waals surface area contributed by atoms with Gasteiger partial charge in [-0.1, -0.05) is 176 Å². The maximum atomic E-state index is 6.59. The van der Waals surface area contributed by atoms with Gasteiger partial charge in [0.1, 0.15) is 11.2 Å². The van der Waals surface area contributed by atoms with Crippen LogP contribution in [0.5, 0.6) is 0 Å². The zero-order valence-electron chi connectivity index (χ0n) is 31.7. The van der Waals surface area contributed by atoms with Crippen LogP contribution in [0.4, 0.5) is 17.1 Å². The maximum absolute atomic E-state index is 6.59. The van der Waals surface area contributed by atoms with Gasteiger partial charge in [0.25, 0.3) is 0 Å². The Hall–Kier alpha value is -7.68. The molecule has 0 amide bonds. The number of para-hydroxylation sites is 1. The van der Waals surface area contributed by atoms with Crippen LogP contribution in [0.1, 0.15) is 0 Å². The first-order chi connectivity index (χ1) is 28.8. The lowest BCUT2D eigenvalue weighted by atomic mass is 9.92. The molecule has 0 bridgehead atoms. The molecule has 0 radical (unpaired) electrons. The van der Waals surface area contributed by atoms with Crippen molar-refractivity contribution < 1.29 is 4.42 Å². The molecule has 272 valence electrons. The van der Waals surface area contributed by atoms with Gasteiger partial charge in [0.2, 0.25) is 0 Å². The minimum absolute atomic E-state index is 0.863. The molecule has 0 atom stereocenters. The third-order valence-electron chi connectivity index (χ3n) is 11.5. The number of benzene rings is 10. The molecular weight excluding hydrogens is 703 g/mol. The number of nitrogens with zero attached hydrogens (tertiary/aromatic N) is 1. The highest BCUT2D eigenvalue weighted by atomic mass is 16.3. The summed E-state index contributed by atoms with van der Waals surface area (Å²) in [4.78, 5) is 2.43. The van der Waals surface area contributed by atoms with E-state index in [-0.39, 0.29) is 0 Å². The first kappa shape index (κ1) is 33.6. The Morgan fingerprint density at radius 1 is 0.310 bits per heavy atom. The van der Waals surface area contributed by atoms with Crippen LogP contribution in [0.25, 0.3) is 88.0 Å². The normalized spacial score (nSPS) is 11.4. The molecule has 0 fully saturated rings. The minimum atomic E-state index is 0.863. The van der Waals surface area contributed by atoms with Crippen LogP contribution >= 0.6 is 0 Å². The van der Waals surface area contributed by atoms with Crippen LogP contribution in [-0.4, -0.2) is 0 Å². The lowest BCUT2D eigenvalue weighted by Crippen LogP contribution is -2.12. The molecule has 58 heavy (non-hydrogen) atoms. The lowest BCUT2D eigenvalue weighted by Gasteiger charge is -2.29. The average molecular weight is 740 g/mol. The van der Waals surface area contributed by atoms with Crippen molar-refractivity contribution >= 4 is 60.5 Å². The molecule has 0 N–H and O–H groups in total. The van der Waals surface area contributed by atoms with Gasteiger partial charge in [-0.25, -0.2) is 0 Å². The van der Waals surface area contributed by atoms with E-state index in [1.807, 2.05) is 6.07 Å². The largest absolute Gasteiger partial charge is 0.456 e. The van der Waals surface area contributed by atoms with Crippen molar-refractivity contribution in [3.63, 3.8) is 0 Å². The topological polar surface area (TPSA) is 16.4 Å². The average Bonchev–Trinajstić information content (AvgIpc) is 3.69. The van der Waals surface area contributed by atoms with E-state index >= 15 is 0 Å². The first-order valence-corrected chi connectivity index (χ1v) is 19.8. The molecular formula is C56H37NO.